The number of ketones is 1. The number of nitrogens with zero attached hydrogens (tertiary/aromatic N) is 1. The highest BCUT2D eigenvalue weighted by molar-refractivity contribution is 5.98. The molecule has 1 aliphatic rings. The van der Waals surface area contributed by atoms with Crippen LogP contribution >= 0.6 is 0 Å². The molecule has 1 saturated heterocycles. The van der Waals surface area contributed by atoms with Crippen LogP contribution in [0.1, 0.15) is 23.2 Å². The zero-order valence-corrected chi connectivity index (χ0v) is 14.3. The number of methoxy groups -OCH3 is 1. The number of anilines is 2. The lowest BCUT2D eigenvalue weighted by Crippen LogP contribution is -2.33. The van der Waals surface area contributed by atoms with E-state index in [1.165, 1.54) is 0 Å². The molecule has 0 aromatic heterocycles. The van der Waals surface area contributed by atoms with Crippen molar-refractivity contribution in [2.75, 3.05) is 32.6 Å². The molecular weight excluding hydrogens is 300 g/mol. The normalized spacial score (nSPS) is 15.9. The molecule has 1 N–H and O–H groups in total. The molecule has 2 aromatic rings. The van der Waals surface area contributed by atoms with Gasteiger partial charge in [0.1, 0.15) is 5.75 Å². The van der Waals surface area contributed by atoms with Crippen LogP contribution in [0.3, 0.4) is 0 Å². The van der Waals surface area contributed by atoms with Crippen LogP contribution in [0.4, 0.5) is 11.4 Å². The molecule has 24 heavy (non-hydrogen) atoms. The van der Waals surface area contributed by atoms with E-state index in [1.807, 2.05) is 48.5 Å². The van der Waals surface area contributed by atoms with Crippen LogP contribution < -0.4 is 10.1 Å². The molecule has 0 atom stereocenters. The molecule has 0 bridgehead atoms. The van der Waals surface area contributed by atoms with E-state index < -0.39 is 0 Å². The zero-order valence-electron chi connectivity index (χ0n) is 14.3. The molecule has 2 aromatic carbocycles. The van der Waals surface area contributed by atoms with Crippen molar-refractivity contribution in [2.45, 2.75) is 12.8 Å². The van der Waals surface area contributed by atoms with E-state index in [0.29, 0.717) is 0 Å². The van der Waals surface area contributed by atoms with Crippen molar-refractivity contribution < 1.29 is 9.53 Å². The molecule has 0 unspecified atom stereocenters. The van der Waals surface area contributed by atoms with Gasteiger partial charge in [0.25, 0.3) is 0 Å². The van der Waals surface area contributed by atoms with Gasteiger partial charge in [-0.05, 0) is 69.4 Å². The minimum atomic E-state index is 0.150. The average Bonchev–Trinajstić information content (AvgIpc) is 2.63. The van der Waals surface area contributed by atoms with Gasteiger partial charge in [-0.3, -0.25) is 4.79 Å². The highest BCUT2D eigenvalue weighted by atomic mass is 16.5. The molecule has 0 amide bonds. The number of benzene rings is 2. The van der Waals surface area contributed by atoms with Gasteiger partial charge in [0.05, 0.1) is 7.11 Å². The summed E-state index contributed by atoms with van der Waals surface area (Å²) < 4.78 is 5.17. The number of hydrogen-bond donors (Lipinski definition) is 1. The number of nitrogens with one attached hydrogen (secondary N) is 1. The second kappa shape index (κ2) is 7.49. The summed E-state index contributed by atoms with van der Waals surface area (Å²) in [4.78, 5) is 15.0. The van der Waals surface area contributed by atoms with E-state index in [2.05, 4.69) is 17.3 Å². The summed E-state index contributed by atoms with van der Waals surface area (Å²) in [5.41, 5.74) is 2.70. The molecule has 4 heteroatoms. The summed E-state index contributed by atoms with van der Waals surface area (Å²) in [6.45, 7) is 2.00. The van der Waals surface area contributed by atoms with Gasteiger partial charge in [0, 0.05) is 22.9 Å². The first-order valence-electron chi connectivity index (χ1n) is 8.39. The number of carbonyl (C=O) groups excluding carboxylic acids is 1. The lowest BCUT2D eigenvalue weighted by molar-refractivity contribution is 0.0857. The van der Waals surface area contributed by atoms with Crippen molar-refractivity contribution in [1.82, 2.24) is 4.90 Å². The fourth-order valence-corrected chi connectivity index (χ4v) is 3.10. The van der Waals surface area contributed by atoms with Crippen molar-refractivity contribution in [1.29, 1.82) is 0 Å². The Hall–Kier alpha value is -2.33. The highest BCUT2D eigenvalue weighted by Crippen LogP contribution is 2.24. The van der Waals surface area contributed by atoms with Crippen LogP contribution in [-0.4, -0.2) is 37.9 Å². The summed E-state index contributed by atoms with van der Waals surface area (Å²) in [5.74, 6) is 1.24. The third kappa shape index (κ3) is 3.95. The maximum Gasteiger partial charge on any atom is 0.166 e. The van der Waals surface area contributed by atoms with E-state index >= 15 is 0 Å². The van der Waals surface area contributed by atoms with Gasteiger partial charge in [0.2, 0.25) is 0 Å². The van der Waals surface area contributed by atoms with Crippen molar-refractivity contribution >= 4 is 17.2 Å². The molecule has 0 saturated carbocycles. The van der Waals surface area contributed by atoms with Crippen LogP contribution in [0, 0.1) is 5.92 Å². The fraction of sp³-hybridized carbons (Fsp3) is 0.350. The standard InChI is InChI=1S/C20H24N2O2/c1-22-12-10-15(11-13-22)20(23)16-4-3-5-18(14-16)21-17-6-8-19(24-2)9-7-17/h3-9,14-15,21H,10-13H2,1-2H3. The summed E-state index contributed by atoms with van der Waals surface area (Å²) in [6, 6.07) is 15.5. The van der Waals surface area contributed by atoms with Crippen molar-refractivity contribution in [3.63, 3.8) is 0 Å². The topological polar surface area (TPSA) is 41.6 Å². The number of rotatable bonds is 5. The monoisotopic (exact) mass is 324 g/mol. The van der Waals surface area contributed by atoms with Crippen molar-refractivity contribution in [3.05, 3.63) is 54.1 Å². The van der Waals surface area contributed by atoms with Crippen molar-refractivity contribution in [2.24, 2.45) is 5.92 Å². The van der Waals surface area contributed by atoms with E-state index in [1.54, 1.807) is 7.11 Å². The second-order valence-corrected chi connectivity index (χ2v) is 6.38. The molecule has 0 aliphatic carbocycles. The molecule has 1 fully saturated rings. The Kier molecular flexibility index (Phi) is 5.16. The Morgan fingerprint density at radius 2 is 1.79 bits per heavy atom. The van der Waals surface area contributed by atoms with Crippen LogP contribution in [0.5, 0.6) is 5.75 Å². The number of carbonyl (C=O) groups is 1. The molecule has 4 nitrogen and oxygen atoms in total. The van der Waals surface area contributed by atoms with Crippen LogP contribution in [-0.2, 0) is 0 Å². The van der Waals surface area contributed by atoms with Gasteiger partial charge in [-0.25, -0.2) is 0 Å². The van der Waals surface area contributed by atoms with Crippen molar-refractivity contribution in [3.8, 4) is 5.75 Å². The van der Waals surface area contributed by atoms with E-state index in [-0.39, 0.29) is 11.7 Å². The van der Waals surface area contributed by atoms with Gasteiger partial charge < -0.3 is 15.0 Å². The molecule has 1 aliphatic heterocycles. The number of likely N-dealkylation sites (tertiary alicyclic amines) is 1. The third-order valence-electron chi connectivity index (χ3n) is 4.62. The first kappa shape index (κ1) is 16.5. The lowest BCUT2D eigenvalue weighted by Gasteiger charge is -2.28. The summed E-state index contributed by atoms with van der Waals surface area (Å²) in [6.07, 6.45) is 1.90. The Morgan fingerprint density at radius 3 is 2.46 bits per heavy atom. The predicted molar refractivity (Wildman–Crippen MR) is 97.3 cm³/mol. The highest BCUT2D eigenvalue weighted by Gasteiger charge is 2.24. The first-order valence-corrected chi connectivity index (χ1v) is 8.39. The SMILES string of the molecule is COc1ccc(Nc2cccc(C(=O)C3CCN(C)CC3)c2)cc1. The number of hydrogen-bond acceptors (Lipinski definition) is 4. The Bertz CT molecular complexity index is 689. The smallest absolute Gasteiger partial charge is 0.166 e. The quantitative estimate of drug-likeness (QED) is 0.845. The maximum absolute atomic E-state index is 12.7. The van der Waals surface area contributed by atoms with Gasteiger partial charge in [0.15, 0.2) is 5.78 Å². The molecule has 0 radical (unpaired) electrons. The van der Waals surface area contributed by atoms with Gasteiger partial charge >= 0.3 is 0 Å². The summed E-state index contributed by atoms with van der Waals surface area (Å²) >= 11 is 0. The molecule has 0 spiro atoms. The second-order valence-electron chi connectivity index (χ2n) is 6.38. The van der Waals surface area contributed by atoms with Crippen LogP contribution in [0.25, 0.3) is 0 Å². The largest absolute Gasteiger partial charge is 0.497 e. The zero-order chi connectivity index (χ0) is 16.9. The number of Topliss-reactive ketones (excluding diaryl/α,β-unsaturated/α-hetero) is 1. The lowest BCUT2D eigenvalue weighted by atomic mass is 9.89. The van der Waals surface area contributed by atoms with Gasteiger partial charge in [-0.15, -0.1) is 0 Å². The van der Waals surface area contributed by atoms with Gasteiger partial charge in [-0.2, -0.15) is 0 Å². The minimum Gasteiger partial charge on any atom is -0.497 e. The summed E-state index contributed by atoms with van der Waals surface area (Å²) in [5, 5.41) is 3.34. The minimum absolute atomic E-state index is 0.150. The molecule has 3 rings (SSSR count). The summed E-state index contributed by atoms with van der Waals surface area (Å²) in [7, 11) is 3.76. The Balaban J connectivity index is 1.70. The first-order chi connectivity index (χ1) is 11.7. The third-order valence-corrected chi connectivity index (χ3v) is 4.62. The Labute approximate surface area is 143 Å². The van der Waals surface area contributed by atoms with E-state index in [4.69, 9.17) is 4.74 Å². The maximum atomic E-state index is 12.7. The predicted octanol–water partition coefficient (Wildman–Crippen LogP) is 3.96. The van der Waals surface area contributed by atoms with E-state index in [9.17, 15) is 4.79 Å². The van der Waals surface area contributed by atoms with Crippen LogP contribution in [0.15, 0.2) is 48.5 Å². The number of ether oxygens (including phenoxy) is 1. The van der Waals surface area contributed by atoms with E-state index in [0.717, 1.165) is 48.6 Å². The molecule has 1 heterocycles. The fourth-order valence-electron chi connectivity index (χ4n) is 3.10. The Morgan fingerprint density at radius 1 is 1.08 bits per heavy atom. The van der Waals surface area contributed by atoms with Gasteiger partial charge in [-0.1, -0.05) is 12.1 Å². The molecule has 126 valence electrons. The molecular formula is C20H24N2O2. The van der Waals surface area contributed by atoms with Crippen LogP contribution in [0.2, 0.25) is 0 Å². The average molecular weight is 324 g/mol. The number of piperidine rings is 1.